The van der Waals surface area contributed by atoms with Gasteiger partial charge in [-0.15, -0.1) is 0 Å². The number of hydrogen-bond acceptors (Lipinski definition) is 2. The lowest BCUT2D eigenvalue weighted by atomic mass is 9.87. The zero-order valence-corrected chi connectivity index (χ0v) is 12.6. The van der Waals surface area contributed by atoms with Gasteiger partial charge in [0.1, 0.15) is 0 Å². The lowest BCUT2D eigenvalue weighted by molar-refractivity contribution is 0.587. The summed E-state index contributed by atoms with van der Waals surface area (Å²) in [6, 6.07) is 7.57. The maximum absolute atomic E-state index is 11.8. The molecule has 0 unspecified atom stereocenters. The van der Waals surface area contributed by atoms with E-state index in [-0.39, 0.29) is 17.1 Å². The second kappa shape index (κ2) is 5.31. The average molecular weight is 269 g/mol. The fraction of sp³-hybridized carbons (Fsp3) is 0.571. The van der Waals surface area contributed by atoms with E-state index < -0.39 is 10.0 Å². The van der Waals surface area contributed by atoms with Gasteiger partial charge in [-0.1, -0.05) is 46.8 Å². The van der Waals surface area contributed by atoms with Gasteiger partial charge in [0.15, 0.2) is 0 Å². The molecule has 1 N–H and O–H groups in total. The highest BCUT2D eigenvalue weighted by atomic mass is 32.2. The Kier molecular flexibility index (Phi) is 4.43. The Labute approximate surface area is 111 Å². The molecule has 0 heterocycles. The van der Waals surface area contributed by atoms with Gasteiger partial charge in [-0.25, -0.2) is 8.42 Å². The van der Waals surface area contributed by atoms with Crippen molar-refractivity contribution in [1.29, 1.82) is 0 Å². The molecule has 3 nitrogen and oxygen atoms in total. The number of anilines is 1. The molecule has 0 bridgehead atoms. The van der Waals surface area contributed by atoms with E-state index in [0.717, 1.165) is 0 Å². The minimum absolute atomic E-state index is 0.0787. The van der Waals surface area contributed by atoms with E-state index in [1.807, 2.05) is 38.1 Å². The molecule has 0 amide bonds. The maximum Gasteiger partial charge on any atom is 0.232 e. The third kappa shape index (κ3) is 4.69. The number of benzene rings is 1. The average Bonchev–Trinajstić information content (AvgIpc) is 2.13. The Morgan fingerprint density at radius 1 is 1.11 bits per heavy atom. The van der Waals surface area contributed by atoms with Gasteiger partial charge in [-0.2, -0.15) is 0 Å². The van der Waals surface area contributed by atoms with Crippen molar-refractivity contribution in [3.63, 3.8) is 0 Å². The van der Waals surface area contributed by atoms with E-state index in [1.165, 1.54) is 5.56 Å². The molecule has 0 saturated heterocycles. The van der Waals surface area contributed by atoms with E-state index >= 15 is 0 Å². The normalized spacial score (nSPS) is 12.8. The van der Waals surface area contributed by atoms with E-state index in [1.54, 1.807) is 0 Å². The van der Waals surface area contributed by atoms with Crippen molar-refractivity contribution in [3.05, 3.63) is 29.8 Å². The van der Waals surface area contributed by atoms with Crippen molar-refractivity contribution in [2.75, 3.05) is 10.5 Å². The van der Waals surface area contributed by atoms with Crippen LogP contribution in [0.25, 0.3) is 0 Å². The molecule has 1 rings (SSSR count). The molecule has 0 aliphatic carbocycles. The molecule has 0 spiro atoms. The third-order valence-electron chi connectivity index (χ3n) is 2.58. The first-order chi connectivity index (χ1) is 8.10. The molecule has 4 heteroatoms. The van der Waals surface area contributed by atoms with Gasteiger partial charge < -0.3 is 0 Å². The van der Waals surface area contributed by atoms with Crippen LogP contribution < -0.4 is 4.72 Å². The SMILES string of the molecule is CC(C)CS(=O)(=O)Nc1ccc(C(C)(C)C)cc1. The van der Waals surface area contributed by atoms with Crippen LogP contribution in [0, 0.1) is 5.92 Å². The van der Waals surface area contributed by atoms with Crippen molar-refractivity contribution in [2.24, 2.45) is 5.92 Å². The zero-order chi connectivity index (χ0) is 14.0. The highest BCUT2D eigenvalue weighted by molar-refractivity contribution is 7.92. The van der Waals surface area contributed by atoms with Crippen LogP contribution in [0.15, 0.2) is 24.3 Å². The largest absolute Gasteiger partial charge is 0.284 e. The summed E-state index contributed by atoms with van der Waals surface area (Å²) in [4.78, 5) is 0. The highest BCUT2D eigenvalue weighted by Gasteiger charge is 2.15. The van der Waals surface area contributed by atoms with Gasteiger partial charge in [0.2, 0.25) is 10.0 Å². The first-order valence-corrected chi connectivity index (χ1v) is 7.86. The fourth-order valence-electron chi connectivity index (χ4n) is 1.70. The number of nitrogens with one attached hydrogen (secondary N) is 1. The number of hydrogen-bond donors (Lipinski definition) is 1. The van der Waals surface area contributed by atoms with Crippen LogP contribution >= 0.6 is 0 Å². The molecule has 0 aliphatic heterocycles. The molecule has 1 aromatic carbocycles. The summed E-state index contributed by atoms with van der Waals surface area (Å²) in [5.74, 6) is 0.268. The van der Waals surface area contributed by atoms with E-state index in [2.05, 4.69) is 25.5 Å². The summed E-state index contributed by atoms with van der Waals surface area (Å²) in [6.07, 6.45) is 0. The summed E-state index contributed by atoms with van der Waals surface area (Å²) in [7, 11) is -3.23. The van der Waals surface area contributed by atoms with Gasteiger partial charge in [0, 0.05) is 5.69 Å². The zero-order valence-electron chi connectivity index (χ0n) is 11.8. The first kappa shape index (κ1) is 15.0. The molecule has 0 fully saturated rings. The van der Waals surface area contributed by atoms with Crippen LogP contribution in [0.5, 0.6) is 0 Å². The van der Waals surface area contributed by atoms with Crippen molar-refractivity contribution >= 4 is 15.7 Å². The van der Waals surface area contributed by atoms with Gasteiger partial charge in [-0.05, 0) is 29.0 Å². The van der Waals surface area contributed by atoms with Crippen molar-refractivity contribution in [2.45, 2.75) is 40.0 Å². The van der Waals surface area contributed by atoms with Gasteiger partial charge in [-0.3, -0.25) is 4.72 Å². The van der Waals surface area contributed by atoms with Crippen molar-refractivity contribution in [3.8, 4) is 0 Å². The topological polar surface area (TPSA) is 46.2 Å². The van der Waals surface area contributed by atoms with Crippen LogP contribution in [0.2, 0.25) is 0 Å². The van der Waals surface area contributed by atoms with Crippen molar-refractivity contribution in [1.82, 2.24) is 0 Å². The van der Waals surface area contributed by atoms with Crippen LogP contribution in [0.3, 0.4) is 0 Å². The second-order valence-corrected chi connectivity index (χ2v) is 7.87. The molecular weight excluding hydrogens is 246 g/mol. The molecule has 0 atom stereocenters. The van der Waals surface area contributed by atoms with Crippen molar-refractivity contribution < 1.29 is 8.42 Å². The lowest BCUT2D eigenvalue weighted by Crippen LogP contribution is -2.20. The molecule has 102 valence electrons. The Bertz CT molecular complexity index is 482. The summed E-state index contributed by atoms with van der Waals surface area (Å²) >= 11 is 0. The molecule has 1 aromatic rings. The van der Waals surface area contributed by atoms with E-state index in [9.17, 15) is 8.42 Å². The molecule has 18 heavy (non-hydrogen) atoms. The standard InChI is InChI=1S/C14H23NO2S/c1-11(2)10-18(16,17)15-13-8-6-12(7-9-13)14(3,4)5/h6-9,11,15H,10H2,1-5H3. The molecule has 0 aliphatic rings. The Morgan fingerprint density at radius 3 is 2.00 bits per heavy atom. The predicted molar refractivity (Wildman–Crippen MR) is 77.4 cm³/mol. The summed E-state index contributed by atoms with van der Waals surface area (Å²) in [5.41, 5.74) is 1.90. The van der Waals surface area contributed by atoms with Gasteiger partial charge in [0.25, 0.3) is 0 Å². The summed E-state index contributed by atoms with van der Waals surface area (Å²) in [6.45, 7) is 10.2. The quantitative estimate of drug-likeness (QED) is 0.910. The van der Waals surface area contributed by atoms with Crippen LogP contribution in [0.4, 0.5) is 5.69 Å². The maximum atomic E-state index is 11.8. The fourth-order valence-corrected chi connectivity index (χ4v) is 3.15. The highest BCUT2D eigenvalue weighted by Crippen LogP contribution is 2.23. The number of rotatable bonds is 4. The molecule has 0 aromatic heterocycles. The van der Waals surface area contributed by atoms with Crippen LogP contribution in [-0.2, 0) is 15.4 Å². The lowest BCUT2D eigenvalue weighted by Gasteiger charge is -2.19. The third-order valence-corrected chi connectivity index (χ3v) is 4.23. The first-order valence-electron chi connectivity index (χ1n) is 6.21. The Balaban J connectivity index is 2.82. The minimum Gasteiger partial charge on any atom is -0.284 e. The minimum atomic E-state index is -3.23. The number of sulfonamides is 1. The van der Waals surface area contributed by atoms with Gasteiger partial charge in [0.05, 0.1) is 5.75 Å². The molecular formula is C14H23NO2S. The monoisotopic (exact) mass is 269 g/mol. The predicted octanol–water partition coefficient (Wildman–Crippen LogP) is 3.38. The summed E-state index contributed by atoms with van der Waals surface area (Å²) in [5, 5.41) is 0. The van der Waals surface area contributed by atoms with Crippen LogP contribution in [-0.4, -0.2) is 14.2 Å². The molecule has 0 radical (unpaired) electrons. The van der Waals surface area contributed by atoms with Gasteiger partial charge >= 0.3 is 0 Å². The molecule has 0 saturated carbocycles. The summed E-state index contributed by atoms with van der Waals surface area (Å²) < 4.78 is 26.2. The Hall–Kier alpha value is -1.03. The second-order valence-electron chi connectivity index (χ2n) is 6.10. The van der Waals surface area contributed by atoms with Crippen LogP contribution in [0.1, 0.15) is 40.2 Å². The van der Waals surface area contributed by atoms with E-state index in [0.29, 0.717) is 5.69 Å². The Morgan fingerprint density at radius 2 is 1.61 bits per heavy atom. The smallest absolute Gasteiger partial charge is 0.232 e. The van der Waals surface area contributed by atoms with E-state index in [4.69, 9.17) is 0 Å².